The van der Waals surface area contributed by atoms with Gasteiger partial charge in [0, 0.05) is 8.07 Å². The van der Waals surface area contributed by atoms with Crippen LogP contribution in [0.2, 0.25) is 19.6 Å². The molecule has 0 spiro atoms. The van der Waals surface area contributed by atoms with E-state index in [1.54, 1.807) is 5.19 Å². The van der Waals surface area contributed by atoms with Crippen LogP contribution in [0.25, 0.3) is 0 Å². The maximum Gasteiger partial charge on any atom is 4.00 e. The predicted molar refractivity (Wildman–Crippen MR) is 93.1 cm³/mol. The summed E-state index contributed by atoms with van der Waals surface area (Å²) in [7, 11) is -1.21. The molecule has 0 saturated carbocycles. The van der Waals surface area contributed by atoms with Crippen LogP contribution in [0.1, 0.15) is 36.1 Å². The summed E-state index contributed by atoms with van der Waals surface area (Å²) >= 11 is 0. The molecule has 0 aliphatic carbocycles. The van der Waals surface area contributed by atoms with E-state index in [1.807, 2.05) is 0 Å². The van der Waals surface area contributed by atoms with Gasteiger partial charge in [0.2, 0.25) is 0 Å². The Hall–Kier alpha value is 0.371. The summed E-state index contributed by atoms with van der Waals surface area (Å²) in [4.78, 5) is 0. The van der Waals surface area contributed by atoms with Crippen LogP contribution in [-0.2, 0) is 27.1 Å². The Morgan fingerprint density at radius 1 is 0.917 bits per heavy atom. The van der Waals surface area contributed by atoms with Crippen molar-refractivity contribution in [1.82, 2.24) is 0 Å². The maximum absolute atomic E-state index is 2.44. The second-order valence-electron chi connectivity index (χ2n) is 7.58. The molecule has 0 aliphatic rings. The average molecular weight is 438 g/mol. The fraction of sp³-hybridized carbons (Fsp3) is 0.421. The minimum absolute atomic E-state index is 0. The number of aryl methyl sites for hydroxylation is 2. The third-order valence-electron chi connectivity index (χ3n) is 4.40. The van der Waals surface area contributed by atoms with Gasteiger partial charge in [-0.25, -0.2) is 11.3 Å². The topological polar surface area (TPSA) is 0 Å². The maximum atomic E-state index is 2.44. The molecule has 0 unspecified atom stereocenters. The molecule has 0 fully saturated rings. The Morgan fingerprint density at radius 2 is 1.46 bits per heavy atom. The van der Waals surface area contributed by atoms with Crippen molar-refractivity contribution in [3.63, 3.8) is 0 Å². The van der Waals surface area contributed by atoms with Crippen LogP contribution in [-0.4, -0.2) is 8.07 Å². The van der Waals surface area contributed by atoms with E-state index in [-0.39, 0.29) is 64.4 Å². The zero-order valence-electron chi connectivity index (χ0n) is 15.6. The van der Waals surface area contributed by atoms with Crippen LogP contribution >= 0.6 is 0 Å². The molecular weight excluding hydrogens is 411 g/mol. The van der Waals surface area contributed by atoms with Gasteiger partial charge in [0.25, 0.3) is 0 Å². The van der Waals surface area contributed by atoms with Crippen molar-refractivity contribution in [2.24, 2.45) is 0 Å². The van der Waals surface area contributed by atoms with E-state index in [0.29, 0.717) is 0 Å². The van der Waals surface area contributed by atoms with Gasteiger partial charge >= 0.3 is 21.7 Å². The predicted octanol–water partition coefficient (Wildman–Crippen LogP) is -4.10. The molecule has 0 nitrogen and oxygen atoms in total. The van der Waals surface area contributed by atoms with E-state index < -0.39 is 8.07 Å². The molecule has 0 saturated heterocycles. The number of benzene rings is 1. The third kappa shape index (κ3) is 6.27. The average Bonchev–Trinajstić information content (AvgIpc) is 2.77. The summed E-state index contributed by atoms with van der Waals surface area (Å²) < 4.78 is 0. The standard InChI is InChI=1S/C19H27Si.3ClH.Ti/c1-14-8-11-18(15(2)12-14)19(3,4)16-9-10-17(13-16)20(5,6)7;;;;/h8-13H,1-7H3;3*1H;/q-1;;;;+4/p-3. The Bertz CT molecular complexity index is 628. The first-order chi connectivity index (χ1) is 9.12. The van der Waals surface area contributed by atoms with Gasteiger partial charge in [0.1, 0.15) is 0 Å². The van der Waals surface area contributed by atoms with E-state index in [9.17, 15) is 0 Å². The van der Waals surface area contributed by atoms with Crippen LogP contribution in [0.4, 0.5) is 0 Å². The molecule has 0 N–H and O–H groups in total. The van der Waals surface area contributed by atoms with Crippen LogP contribution in [0.3, 0.4) is 0 Å². The van der Waals surface area contributed by atoms with Crippen molar-refractivity contribution < 1.29 is 58.9 Å². The molecule has 2 aromatic carbocycles. The molecule has 0 heterocycles. The van der Waals surface area contributed by atoms with E-state index >= 15 is 0 Å². The van der Waals surface area contributed by atoms with Crippen molar-refractivity contribution in [3.8, 4) is 0 Å². The number of hydrogen-bond acceptors (Lipinski definition) is 0. The molecular formula is C19H27Cl3SiTi. The summed E-state index contributed by atoms with van der Waals surface area (Å²) in [6.45, 7) is 16.3. The number of hydrogen-bond donors (Lipinski definition) is 0. The van der Waals surface area contributed by atoms with Gasteiger partial charge in [-0.2, -0.15) is 12.1 Å². The summed E-state index contributed by atoms with van der Waals surface area (Å²) in [5.74, 6) is 0. The summed E-state index contributed by atoms with van der Waals surface area (Å²) in [6, 6.07) is 13.9. The smallest absolute Gasteiger partial charge is 1.00 e. The largest absolute Gasteiger partial charge is 4.00 e. The first-order valence-electron chi connectivity index (χ1n) is 7.48. The van der Waals surface area contributed by atoms with Crippen molar-refractivity contribution in [1.29, 1.82) is 0 Å². The molecule has 132 valence electrons. The zero-order chi connectivity index (χ0) is 15.1. The Balaban J connectivity index is -0.00000110. The first kappa shape index (κ1) is 29.1. The van der Waals surface area contributed by atoms with Crippen LogP contribution in [0.15, 0.2) is 36.4 Å². The van der Waals surface area contributed by atoms with E-state index in [0.717, 1.165) is 0 Å². The quantitative estimate of drug-likeness (QED) is 0.338. The molecule has 0 bridgehead atoms. The van der Waals surface area contributed by atoms with Gasteiger partial charge in [-0.15, -0.1) is 5.56 Å². The molecule has 5 heteroatoms. The van der Waals surface area contributed by atoms with Crippen LogP contribution in [0, 0.1) is 13.8 Å². The zero-order valence-corrected chi connectivity index (χ0v) is 20.4. The van der Waals surface area contributed by atoms with Gasteiger partial charge < -0.3 is 37.2 Å². The molecule has 0 radical (unpaired) electrons. The van der Waals surface area contributed by atoms with E-state index in [2.05, 4.69) is 83.7 Å². The minimum Gasteiger partial charge on any atom is -1.00 e. The number of rotatable bonds is 3. The van der Waals surface area contributed by atoms with Crippen LogP contribution < -0.4 is 42.4 Å². The second-order valence-corrected chi connectivity index (χ2v) is 12.7. The third-order valence-corrected chi connectivity index (χ3v) is 6.44. The van der Waals surface area contributed by atoms with Crippen molar-refractivity contribution in [2.75, 3.05) is 0 Å². The minimum atomic E-state index is -1.21. The SMILES string of the molecule is Cc1ccc(C(C)(C)[c-]2ccc([Si](C)(C)C)c2)c(C)c1.[Cl-].[Cl-].[Cl-].[Ti+4]. The Labute approximate surface area is 182 Å². The van der Waals surface area contributed by atoms with Crippen molar-refractivity contribution >= 4 is 13.3 Å². The van der Waals surface area contributed by atoms with Gasteiger partial charge in [-0.1, -0.05) is 57.3 Å². The Kier molecular flexibility index (Phi) is 12.8. The molecule has 2 rings (SSSR count). The molecule has 0 aliphatic heterocycles. The molecule has 0 amide bonds. The van der Waals surface area contributed by atoms with E-state index in [4.69, 9.17) is 0 Å². The van der Waals surface area contributed by atoms with Crippen molar-refractivity contribution in [2.45, 2.75) is 52.8 Å². The second kappa shape index (κ2) is 10.5. The summed E-state index contributed by atoms with van der Waals surface area (Å²) in [6.07, 6.45) is 0. The summed E-state index contributed by atoms with van der Waals surface area (Å²) in [5.41, 5.74) is 5.70. The van der Waals surface area contributed by atoms with E-state index in [1.165, 1.54) is 22.3 Å². The molecule has 0 atom stereocenters. The van der Waals surface area contributed by atoms with Gasteiger partial charge in [-0.3, -0.25) is 0 Å². The van der Waals surface area contributed by atoms with Gasteiger partial charge in [-0.05, 0) is 30.4 Å². The number of halogens is 3. The monoisotopic (exact) mass is 436 g/mol. The normalized spacial score (nSPS) is 10.6. The molecule has 24 heavy (non-hydrogen) atoms. The fourth-order valence-corrected chi connectivity index (χ4v) is 4.14. The van der Waals surface area contributed by atoms with Gasteiger partial charge in [0.05, 0.1) is 0 Å². The van der Waals surface area contributed by atoms with Gasteiger partial charge in [0.15, 0.2) is 0 Å². The first-order valence-corrected chi connectivity index (χ1v) is 11.0. The summed E-state index contributed by atoms with van der Waals surface area (Å²) in [5, 5.41) is 1.56. The molecule has 2 aromatic rings. The van der Waals surface area contributed by atoms with Crippen molar-refractivity contribution in [3.05, 3.63) is 58.7 Å². The molecule has 0 aromatic heterocycles. The van der Waals surface area contributed by atoms with Crippen LogP contribution in [0.5, 0.6) is 0 Å². The Morgan fingerprint density at radius 3 is 1.88 bits per heavy atom. The fourth-order valence-electron chi connectivity index (χ4n) is 2.97.